The van der Waals surface area contributed by atoms with Gasteiger partial charge in [0, 0.05) is 32.7 Å². The van der Waals surface area contributed by atoms with Crippen molar-refractivity contribution in [1.29, 1.82) is 0 Å². The number of nitrogens with zero attached hydrogens (tertiary/aromatic N) is 1. The third-order valence-corrected chi connectivity index (χ3v) is 6.75. The third-order valence-electron chi connectivity index (χ3n) is 6.75. The van der Waals surface area contributed by atoms with Crippen LogP contribution in [0.25, 0.3) is 0 Å². The summed E-state index contributed by atoms with van der Waals surface area (Å²) in [5.41, 5.74) is 0.230. The molecule has 2 heterocycles. The van der Waals surface area contributed by atoms with E-state index in [1.54, 1.807) is 0 Å². The van der Waals surface area contributed by atoms with Crippen molar-refractivity contribution < 1.29 is 24.1 Å². The molecule has 2 aliphatic carbocycles. The second kappa shape index (κ2) is 6.73. The van der Waals surface area contributed by atoms with Crippen LogP contribution in [-0.2, 0) is 10.9 Å². The predicted molar refractivity (Wildman–Crippen MR) is 99.2 cm³/mol. The first-order valence-electron chi connectivity index (χ1n) is 10.2. The number of alkyl halides is 3. The Balaban J connectivity index is 0.00000205. The molecule has 2 saturated carbocycles. The molecule has 0 radical (unpaired) electrons. The minimum atomic E-state index is -4.39. The molecule has 4 aliphatic rings. The smallest absolute Gasteiger partial charge is 0.379 e. The average molecular weight is 396 g/mol. The Hall–Kier alpha value is -1.60. The minimum Gasteiger partial charge on any atom is -0.379 e. The molecule has 2 aliphatic heterocycles. The van der Waals surface area contributed by atoms with E-state index in [0.29, 0.717) is 24.3 Å². The Bertz CT molecular complexity index is 774. The second-order valence-electron chi connectivity index (χ2n) is 8.79. The zero-order valence-electron chi connectivity index (χ0n) is 15.7. The van der Waals surface area contributed by atoms with Crippen LogP contribution in [0.1, 0.15) is 54.5 Å². The maximum absolute atomic E-state index is 13.1. The van der Waals surface area contributed by atoms with Gasteiger partial charge in [-0.3, -0.25) is 9.69 Å². The van der Waals surface area contributed by atoms with Crippen molar-refractivity contribution in [2.24, 2.45) is 11.8 Å². The maximum Gasteiger partial charge on any atom is 0.416 e. The van der Waals surface area contributed by atoms with Crippen molar-refractivity contribution in [3.8, 4) is 0 Å². The van der Waals surface area contributed by atoms with Gasteiger partial charge < -0.3 is 10.1 Å². The maximum atomic E-state index is 13.1. The van der Waals surface area contributed by atoms with Crippen molar-refractivity contribution in [2.75, 3.05) is 26.3 Å². The van der Waals surface area contributed by atoms with E-state index in [2.05, 4.69) is 10.2 Å². The van der Waals surface area contributed by atoms with E-state index in [4.69, 9.17) is 4.74 Å². The Labute approximate surface area is 163 Å². The first-order chi connectivity index (χ1) is 13.4. The Kier molecular flexibility index (Phi) is 4.43. The normalized spacial score (nSPS) is 32.8. The molecule has 28 heavy (non-hydrogen) atoms. The van der Waals surface area contributed by atoms with Crippen LogP contribution in [0.15, 0.2) is 18.2 Å². The van der Waals surface area contributed by atoms with E-state index < -0.39 is 11.7 Å². The first-order valence-corrected chi connectivity index (χ1v) is 10.2. The fraction of sp³-hybridized carbons (Fsp3) is 0.667. The number of rotatable bonds is 4. The Morgan fingerprint density at radius 2 is 1.93 bits per heavy atom. The minimum absolute atomic E-state index is 0. The van der Waals surface area contributed by atoms with Crippen LogP contribution in [0.3, 0.4) is 0 Å². The van der Waals surface area contributed by atoms with Gasteiger partial charge in [0.05, 0.1) is 18.2 Å². The van der Waals surface area contributed by atoms with E-state index in [1.807, 2.05) is 0 Å². The highest BCUT2D eigenvalue weighted by Gasteiger charge is 2.48. The summed E-state index contributed by atoms with van der Waals surface area (Å²) in [5, 5.41) is 3.09. The predicted octanol–water partition coefficient (Wildman–Crippen LogP) is 3.67. The second-order valence-corrected chi connectivity index (χ2v) is 8.79. The van der Waals surface area contributed by atoms with Gasteiger partial charge in [0.2, 0.25) is 0 Å². The summed E-state index contributed by atoms with van der Waals surface area (Å²) in [5.74, 6) is 1.42. The van der Waals surface area contributed by atoms with Crippen LogP contribution in [0.5, 0.6) is 0 Å². The number of likely N-dealkylation sites (tertiary alicyclic amines) is 1. The SMILES string of the molecule is O=C(N[C@@H]1COCCC1N1C[C@H]2C[C@H]2C1)c1ccc(C(F)(F)F)cc1C1CC1.[HH]. The van der Waals surface area contributed by atoms with Crippen molar-refractivity contribution in [3.05, 3.63) is 34.9 Å². The molecule has 154 valence electrons. The average Bonchev–Trinajstić information content (AvgIpc) is 3.60. The quantitative estimate of drug-likeness (QED) is 0.845. The molecule has 4 atom stereocenters. The summed E-state index contributed by atoms with van der Waals surface area (Å²) in [6.07, 6.45) is -0.502. The molecule has 0 bridgehead atoms. The fourth-order valence-corrected chi connectivity index (χ4v) is 4.93. The van der Waals surface area contributed by atoms with Crippen molar-refractivity contribution in [3.63, 3.8) is 0 Å². The molecular weight excluding hydrogens is 369 g/mol. The van der Waals surface area contributed by atoms with Gasteiger partial charge in [0.1, 0.15) is 0 Å². The molecule has 1 amide bonds. The summed E-state index contributed by atoms with van der Waals surface area (Å²) in [4.78, 5) is 15.5. The zero-order chi connectivity index (χ0) is 19.5. The summed E-state index contributed by atoms with van der Waals surface area (Å²) in [7, 11) is 0. The lowest BCUT2D eigenvalue weighted by atomic mass is 9.97. The lowest BCUT2D eigenvalue weighted by Gasteiger charge is -2.39. The Morgan fingerprint density at radius 3 is 2.61 bits per heavy atom. The first kappa shape index (κ1) is 18.4. The number of benzene rings is 1. The van der Waals surface area contributed by atoms with Crippen LogP contribution in [-0.4, -0.2) is 49.2 Å². The molecule has 7 heteroatoms. The molecule has 1 aromatic rings. The molecule has 2 saturated heterocycles. The van der Waals surface area contributed by atoms with Crippen LogP contribution >= 0.6 is 0 Å². The number of fused-ring (bicyclic) bond motifs is 1. The number of ether oxygens (including phenoxy) is 1. The number of hydrogen-bond acceptors (Lipinski definition) is 3. The van der Waals surface area contributed by atoms with Crippen LogP contribution in [0, 0.1) is 11.8 Å². The number of hydrogen-bond donors (Lipinski definition) is 1. The lowest BCUT2D eigenvalue weighted by Crippen LogP contribution is -2.56. The van der Waals surface area contributed by atoms with Crippen LogP contribution in [0.2, 0.25) is 0 Å². The van der Waals surface area contributed by atoms with E-state index in [1.165, 1.54) is 12.5 Å². The summed E-state index contributed by atoms with van der Waals surface area (Å²) < 4.78 is 44.9. The molecule has 0 aromatic heterocycles. The molecule has 4 nitrogen and oxygen atoms in total. The molecule has 1 aromatic carbocycles. The van der Waals surface area contributed by atoms with Gasteiger partial charge in [-0.1, -0.05) is 0 Å². The standard InChI is InChI=1S/C21H25F3N2O2.H2/c22-21(23,24)15-3-4-16(17(8-15)12-1-2-12)20(27)25-18-11-28-6-5-19(18)26-9-13-7-14(13)10-26;/h3-4,8,12-14,18-19H,1-2,5-7,9-11H2,(H,25,27);1H/t13-,14+,18-,19?;/m1./s1. The van der Waals surface area contributed by atoms with Crippen molar-refractivity contribution in [1.82, 2.24) is 10.2 Å². The van der Waals surface area contributed by atoms with Gasteiger partial charge in [-0.25, -0.2) is 0 Å². The lowest BCUT2D eigenvalue weighted by molar-refractivity contribution is -0.137. The number of carbonyl (C=O) groups excluding carboxylic acids is 1. The zero-order valence-corrected chi connectivity index (χ0v) is 15.7. The summed E-state index contributed by atoms with van der Waals surface area (Å²) in [6.45, 7) is 3.34. The van der Waals surface area contributed by atoms with Gasteiger partial charge in [0.25, 0.3) is 5.91 Å². The van der Waals surface area contributed by atoms with Crippen molar-refractivity contribution in [2.45, 2.75) is 49.9 Å². The van der Waals surface area contributed by atoms with E-state index >= 15 is 0 Å². The highest BCUT2D eigenvalue weighted by molar-refractivity contribution is 5.96. The highest BCUT2D eigenvalue weighted by atomic mass is 19.4. The van der Waals surface area contributed by atoms with E-state index in [0.717, 1.165) is 56.3 Å². The molecule has 4 fully saturated rings. The third kappa shape index (κ3) is 3.54. The molecular formula is C21H27F3N2O2. The van der Waals surface area contributed by atoms with Gasteiger partial charge in [0.15, 0.2) is 0 Å². The van der Waals surface area contributed by atoms with Crippen LogP contribution < -0.4 is 5.32 Å². The van der Waals surface area contributed by atoms with E-state index in [-0.39, 0.29) is 25.3 Å². The molecule has 1 unspecified atom stereocenters. The van der Waals surface area contributed by atoms with Gasteiger partial charge in [-0.05, 0) is 67.2 Å². The number of halogens is 3. The summed E-state index contributed by atoms with van der Waals surface area (Å²) >= 11 is 0. The summed E-state index contributed by atoms with van der Waals surface area (Å²) in [6, 6.07) is 3.66. The Morgan fingerprint density at radius 1 is 1.18 bits per heavy atom. The number of piperidine rings is 1. The topological polar surface area (TPSA) is 41.6 Å². The van der Waals surface area contributed by atoms with E-state index in [9.17, 15) is 18.0 Å². The van der Waals surface area contributed by atoms with Crippen LogP contribution in [0.4, 0.5) is 13.2 Å². The van der Waals surface area contributed by atoms with Gasteiger partial charge in [-0.2, -0.15) is 13.2 Å². The van der Waals surface area contributed by atoms with Crippen molar-refractivity contribution >= 4 is 5.91 Å². The molecule has 5 rings (SSSR count). The molecule has 0 spiro atoms. The fourth-order valence-electron chi connectivity index (χ4n) is 4.93. The van der Waals surface area contributed by atoms with Gasteiger partial charge >= 0.3 is 6.18 Å². The monoisotopic (exact) mass is 396 g/mol. The number of amides is 1. The van der Waals surface area contributed by atoms with Gasteiger partial charge in [-0.15, -0.1) is 0 Å². The number of nitrogens with one attached hydrogen (secondary N) is 1. The highest BCUT2D eigenvalue weighted by Crippen LogP contribution is 2.46. The molecule has 1 N–H and O–H groups in total. The largest absolute Gasteiger partial charge is 0.416 e. The number of carbonyl (C=O) groups is 1.